The van der Waals surface area contributed by atoms with Crippen molar-refractivity contribution in [3.63, 3.8) is 0 Å². The predicted octanol–water partition coefficient (Wildman–Crippen LogP) is 2.12. The van der Waals surface area contributed by atoms with Crippen LogP contribution in [0, 0.1) is 0 Å². The number of hydrogen-bond acceptors (Lipinski definition) is 5. The molecule has 6 nitrogen and oxygen atoms in total. The van der Waals surface area contributed by atoms with E-state index in [2.05, 4.69) is 15.3 Å². The topological polar surface area (TPSA) is 75.2 Å². The molecular weight excluding hydrogens is 288 g/mol. The summed E-state index contributed by atoms with van der Waals surface area (Å²) in [5.74, 6) is 0.429. The summed E-state index contributed by atoms with van der Waals surface area (Å²) in [5.41, 5.74) is 0.589. The van der Waals surface area contributed by atoms with Crippen LogP contribution in [0.4, 0.5) is 11.6 Å². The molecule has 0 fully saturated rings. The lowest BCUT2D eigenvalue weighted by atomic mass is 10.3. The number of rotatable bonds is 6. The quantitative estimate of drug-likeness (QED) is 0.885. The first-order chi connectivity index (χ1) is 10.1. The zero-order chi connectivity index (χ0) is 15.3. The third-order valence-electron chi connectivity index (χ3n) is 2.94. The van der Waals surface area contributed by atoms with E-state index in [1.807, 2.05) is 13.0 Å². The van der Waals surface area contributed by atoms with Gasteiger partial charge in [-0.1, -0.05) is 25.1 Å². The summed E-state index contributed by atoms with van der Waals surface area (Å²) in [5, 5.41) is 3.00. The van der Waals surface area contributed by atoms with E-state index >= 15 is 0 Å². The molecule has 112 valence electrons. The Balaban J connectivity index is 2.23. The van der Waals surface area contributed by atoms with Crippen molar-refractivity contribution in [2.24, 2.45) is 0 Å². The molecule has 0 amide bonds. The van der Waals surface area contributed by atoms with Crippen LogP contribution in [0.3, 0.4) is 0 Å². The van der Waals surface area contributed by atoms with Gasteiger partial charge in [0, 0.05) is 13.6 Å². The van der Waals surface area contributed by atoms with Crippen molar-refractivity contribution >= 4 is 21.7 Å². The van der Waals surface area contributed by atoms with Crippen LogP contribution in [0.25, 0.3) is 0 Å². The monoisotopic (exact) mass is 306 g/mol. The number of nitrogens with zero attached hydrogens (tertiary/aromatic N) is 3. The minimum absolute atomic E-state index is 0.0656. The third-order valence-corrected chi connectivity index (χ3v) is 4.68. The van der Waals surface area contributed by atoms with Crippen LogP contribution in [0.2, 0.25) is 0 Å². The van der Waals surface area contributed by atoms with Gasteiger partial charge in [0.15, 0.2) is 0 Å². The van der Waals surface area contributed by atoms with Gasteiger partial charge in [0.25, 0.3) is 10.0 Å². The van der Waals surface area contributed by atoms with Gasteiger partial charge in [-0.2, -0.15) is 0 Å². The van der Waals surface area contributed by atoms with E-state index in [4.69, 9.17) is 0 Å². The van der Waals surface area contributed by atoms with Crippen LogP contribution in [0.1, 0.15) is 13.3 Å². The van der Waals surface area contributed by atoms with Crippen molar-refractivity contribution in [1.82, 2.24) is 9.97 Å². The van der Waals surface area contributed by atoms with Gasteiger partial charge in [-0.15, -0.1) is 0 Å². The molecule has 2 aromatic rings. The maximum absolute atomic E-state index is 12.5. The molecule has 0 aliphatic rings. The molecule has 0 radical (unpaired) electrons. The van der Waals surface area contributed by atoms with Crippen molar-refractivity contribution < 1.29 is 8.42 Å². The van der Waals surface area contributed by atoms with Crippen molar-refractivity contribution in [3.05, 3.63) is 42.7 Å². The predicted molar refractivity (Wildman–Crippen MR) is 82.8 cm³/mol. The molecule has 1 N–H and O–H groups in total. The molecule has 7 heteroatoms. The second-order valence-electron chi connectivity index (χ2n) is 4.48. The zero-order valence-corrected chi connectivity index (χ0v) is 12.8. The number of hydrogen-bond donors (Lipinski definition) is 1. The lowest BCUT2D eigenvalue weighted by Gasteiger charge is -2.19. The Bertz CT molecular complexity index is 672. The van der Waals surface area contributed by atoms with E-state index in [1.165, 1.54) is 23.7 Å². The van der Waals surface area contributed by atoms with Crippen LogP contribution in [-0.4, -0.2) is 32.0 Å². The summed E-state index contributed by atoms with van der Waals surface area (Å²) in [6, 6.07) is 8.87. The first kappa shape index (κ1) is 15.2. The Labute approximate surface area is 124 Å². The first-order valence-electron chi connectivity index (χ1n) is 6.65. The van der Waals surface area contributed by atoms with Crippen molar-refractivity contribution in [2.45, 2.75) is 18.2 Å². The largest absolute Gasteiger partial charge is 0.354 e. The zero-order valence-electron chi connectivity index (χ0n) is 12.0. The van der Waals surface area contributed by atoms with Gasteiger partial charge in [-0.05, 0) is 18.6 Å². The molecule has 0 saturated heterocycles. The molecule has 0 saturated carbocycles. The molecule has 0 bridgehead atoms. The van der Waals surface area contributed by atoms with E-state index in [-0.39, 0.29) is 4.90 Å². The number of anilines is 2. The van der Waals surface area contributed by atoms with E-state index in [1.54, 1.807) is 24.3 Å². The van der Waals surface area contributed by atoms with E-state index in [0.29, 0.717) is 11.6 Å². The summed E-state index contributed by atoms with van der Waals surface area (Å²) < 4.78 is 26.2. The van der Waals surface area contributed by atoms with Crippen LogP contribution in [-0.2, 0) is 10.0 Å². The molecule has 0 aliphatic heterocycles. The van der Waals surface area contributed by atoms with E-state index in [9.17, 15) is 8.42 Å². The fraction of sp³-hybridized carbons (Fsp3) is 0.286. The number of benzene rings is 1. The summed E-state index contributed by atoms with van der Waals surface area (Å²) in [7, 11) is -2.14. The van der Waals surface area contributed by atoms with Gasteiger partial charge in [-0.3, -0.25) is 4.31 Å². The van der Waals surface area contributed by atoms with E-state index in [0.717, 1.165) is 13.0 Å². The molecule has 0 unspecified atom stereocenters. The average Bonchev–Trinajstić information content (AvgIpc) is 2.53. The molecule has 0 aliphatic carbocycles. The van der Waals surface area contributed by atoms with Gasteiger partial charge < -0.3 is 5.32 Å². The lowest BCUT2D eigenvalue weighted by Crippen LogP contribution is -2.26. The molecule has 0 atom stereocenters. The average molecular weight is 306 g/mol. The molecule has 1 aromatic carbocycles. The highest BCUT2D eigenvalue weighted by molar-refractivity contribution is 7.92. The molecular formula is C14H18N4O2S. The Morgan fingerprint density at radius 2 is 1.76 bits per heavy atom. The fourth-order valence-electron chi connectivity index (χ4n) is 1.71. The number of para-hydroxylation sites is 1. The van der Waals surface area contributed by atoms with Crippen molar-refractivity contribution in [2.75, 3.05) is 23.2 Å². The summed E-state index contributed by atoms with van der Waals surface area (Å²) in [6.07, 6.45) is 3.58. The van der Waals surface area contributed by atoms with Crippen molar-refractivity contribution in [1.29, 1.82) is 0 Å². The summed E-state index contributed by atoms with van der Waals surface area (Å²) >= 11 is 0. The smallest absolute Gasteiger partial charge is 0.267 e. The highest BCUT2D eigenvalue weighted by atomic mass is 32.2. The Kier molecular flexibility index (Phi) is 4.74. The molecule has 1 aromatic heterocycles. The molecule has 1 heterocycles. The van der Waals surface area contributed by atoms with Crippen molar-refractivity contribution in [3.8, 4) is 0 Å². The van der Waals surface area contributed by atoms with Gasteiger partial charge in [0.2, 0.25) is 5.95 Å². The second-order valence-corrected chi connectivity index (χ2v) is 6.45. The molecule has 21 heavy (non-hydrogen) atoms. The van der Waals surface area contributed by atoms with Gasteiger partial charge >= 0.3 is 0 Å². The van der Waals surface area contributed by atoms with Gasteiger partial charge in [-0.25, -0.2) is 18.4 Å². The summed E-state index contributed by atoms with van der Waals surface area (Å²) in [4.78, 5) is 8.13. The minimum atomic E-state index is -3.65. The summed E-state index contributed by atoms with van der Waals surface area (Å²) in [6.45, 7) is 2.77. The second kappa shape index (κ2) is 6.53. The molecule has 0 spiro atoms. The van der Waals surface area contributed by atoms with Crippen LogP contribution >= 0.6 is 0 Å². The number of sulfonamides is 1. The third kappa shape index (κ3) is 3.49. The lowest BCUT2D eigenvalue weighted by molar-refractivity contribution is 0.593. The first-order valence-corrected chi connectivity index (χ1v) is 8.09. The fourth-order valence-corrected chi connectivity index (χ4v) is 2.80. The Morgan fingerprint density at radius 3 is 2.33 bits per heavy atom. The van der Waals surface area contributed by atoms with Gasteiger partial charge in [0.05, 0.1) is 18.1 Å². The van der Waals surface area contributed by atoms with Crippen LogP contribution in [0.5, 0.6) is 0 Å². The Hall–Kier alpha value is -2.15. The Morgan fingerprint density at radius 1 is 1.14 bits per heavy atom. The SMILES string of the molecule is CCCNc1ncc(S(=O)(=O)N(C)c2ccccc2)cn1. The van der Waals surface area contributed by atoms with Crippen LogP contribution < -0.4 is 9.62 Å². The maximum atomic E-state index is 12.5. The highest BCUT2D eigenvalue weighted by Gasteiger charge is 2.22. The standard InChI is InChI=1S/C14H18N4O2S/c1-3-9-15-14-16-10-13(11-17-14)21(19,20)18(2)12-7-5-4-6-8-12/h4-8,10-11H,3,9H2,1-2H3,(H,15,16,17). The van der Waals surface area contributed by atoms with Crippen LogP contribution in [0.15, 0.2) is 47.6 Å². The highest BCUT2D eigenvalue weighted by Crippen LogP contribution is 2.20. The maximum Gasteiger partial charge on any atom is 0.267 e. The number of aromatic nitrogens is 2. The normalized spacial score (nSPS) is 11.1. The molecule has 2 rings (SSSR count). The minimum Gasteiger partial charge on any atom is -0.354 e. The van der Waals surface area contributed by atoms with E-state index < -0.39 is 10.0 Å². The van der Waals surface area contributed by atoms with Gasteiger partial charge in [0.1, 0.15) is 4.90 Å². The number of nitrogens with one attached hydrogen (secondary N) is 1.